The summed E-state index contributed by atoms with van der Waals surface area (Å²) in [5, 5.41) is 3.97. The van der Waals surface area contributed by atoms with Gasteiger partial charge in [-0.15, -0.1) is 0 Å². The predicted molar refractivity (Wildman–Crippen MR) is 102 cm³/mol. The van der Waals surface area contributed by atoms with Gasteiger partial charge in [0, 0.05) is 18.2 Å². The summed E-state index contributed by atoms with van der Waals surface area (Å²) < 4.78 is 24.8. The Hall–Kier alpha value is -1.78. The van der Waals surface area contributed by atoms with E-state index in [2.05, 4.69) is 5.32 Å². The highest BCUT2D eigenvalue weighted by Crippen LogP contribution is 2.30. The molecule has 2 aromatic rings. The van der Waals surface area contributed by atoms with Crippen molar-refractivity contribution in [2.24, 2.45) is 0 Å². The lowest BCUT2D eigenvalue weighted by molar-refractivity contribution is 0.269. The molecule has 1 aliphatic carbocycles. The second-order valence-corrected chi connectivity index (χ2v) is 7.01. The number of ether oxygens (including phenoxy) is 2. The molecular weight excluding hydrogens is 353 g/mol. The molecule has 5 heteroatoms. The van der Waals surface area contributed by atoms with E-state index in [0.29, 0.717) is 23.4 Å². The molecule has 1 saturated carbocycles. The van der Waals surface area contributed by atoms with Crippen LogP contribution >= 0.6 is 11.6 Å². The summed E-state index contributed by atoms with van der Waals surface area (Å²) in [6.07, 6.45) is 5.16. The van der Waals surface area contributed by atoms with Crippen molar-refractivity contribution in [3.8, 4) is 11.5 Å². The second kappa shape index (κ2) is 9.24. The van der Waals surface area contributed by atoms with Crippen molar-refractivity contribution in [3.63, 3.8) is 0 Å². The van der Waals surface area contributed by atoms with Gasteiger partial charge in [0.2, 0.25) is 0 Å². The van der Waals surface area contributed by atoms with Gasteiger partial charge < -0.3 is 14.8 Å². The fraction of sp³-hybridized carbons (Fsp3) is 0.429. The standard InChI is InChI=1S/C21H25ClFNO2/c1-2-25-21-11-15(13-24-18-5-3-4-6-18)7-10-20(21)26-14-16-8-9-17(23)12-19(16)22/h7-12,18,24H,2-6,13-14H2,1H3. The maximum atomic E-state index is 13.2. The molecule has 26 heavy (non-hydrogen) atoms. The van der Waals surface area contributed by atoms with E-state index >= 15 is 0 Å². The Morgan fingerprint density at radius 2 is 1.88 bits per heavy atom. The average Bonchev–Trinajstić information content (AvgIpc) is 3.14. The Morgan fingerprint density at radius 1 is 1.08 bits per heavy atom. The molecule has 3 rings (SSSR count). The van der Waals surface area contributed by atoms with Crippen LogP contribution in [0.15, 0.2) is 36.4 Å². The van der Waals surface area contributed by atoms with Crippen molar-refractivity contribution < 1.29 is 13.9 Å². The van der Waals surface area contributed by atoms with Gasteiger partial charge in [-0.25, -0.2) is 4.39 Å². The molecule has 0 bridgehead atoms. The molecule has 0 unspecified atom stereocenters. The second-order valence-electron chi connectivity index (χ2n) is 6.60. The molecular formula is C21H25ClFNO2. The topological polar surface area (TPSA) is 30.5 Å². The van der Waals surface area contributed by atoms with Crippen LogP contribution in [0.3, 0.4) is 0 Å². The molecule has 2 aromatic carbocycles. The van der Waals surface area contributed by atoms with Crippen molar-refractivity contribution in [1.29, 1.82) is 0 Å². The van der Waals surface area contributed by atoms with Gasteiger partial charge >= 0.3 is 0 Å². The zero-order valence-electron chi connectivity index (χ0n) is 15.1. The van der Waals surface area contributed by atoms with Gasteiger partial charge in [-0.3, -0.25) is 0 Å². The van der Waals surface area contributed by atoms with Crippen LogP contribution in [0.2, 0.25) is 5.02 Å². The largest absolute Gasteiger partial charge is 0.490 e. The molecule has 1 N–H and O–H groups in total. The summed E-state index contributed by atoms with van der Waals surface area (Å²) in [4.78, 5) is 0. The number of rotatable bonds is 8. The summed E-state index contributed by atoms with van der Waals surface area (Å²) in [7, 11) is 0. The van der Waals surface area contributed by atoms with Crippen LogP contribution in [-0.2, 0) is 13.2 Å². The van der Waals surface area contributed by atoms with Crippen molar-refractivity contribution in [2.75, 3.05) is 6.61 Å². The molecule has 0 heterocycles. The molecule has 0 aliphatic heterocycles. The van der Waals surface area contributed by atoms with Gasteiger partial charge in [-0.05, 0) is 49.6 Å². The minimum absolute atomic E-state index is 0.263. The summed E-state index contributed by atoms with van der Waals surface area (Å²) in [6, 6.07) is 10.9. The van der Waals surface area contributed by atoms with Gasteiger partial charge in [0.25, 0.3) is 0 Å². The molecule has 1 fully saturated rings. The minimum atomic E-state index is -0.354. The predicted octanol–water partition coefficient (Wildman–Crippen LogP) is 5.49. The third-order valence-electron chi connectivity index (χ3n) is 4.66. The van der Waals surface area contributed by atoms with E-state index in [9.17, 15) is 4.39 Å². The minimum Gasteiger partial charge on any atom is -0.490 e. The van der Waals surface area contributed by atoms with Crippen LogP contribution in [0.1, 0.15) is 43.7 Å². The average molecular weight is 378 g/mol. The van der Waals surface area contributed by atoms with Crippen molar-refractivity contribution >= 4 is 11.6 Å². The zero-order valence-corrected chi connectivity index (χ0v) is 15.8. The highest BCUT2D eigenvalue weighted by molar-refractivity contribution is 6.31. The smallest absolute Gasteiger partial charge is 0.161 e. The van der Waals surface area contributed by atoms with Gasteiger partial charge in [-0.2, -0.15) is 0 Å². The van der Waals surface area contributed by atoms with Gasteiger partial charge in [0.05, 0.1) is 11.6 Å². The molecule has 0 radical (unpaired) electrons. The van der Waals surface area contributed by atoms with Crippen LogP contribution < -0.4 is 14.8 Å². The monoisotopic (exact) mass is 377 g/mol. The Balaban J connectivity index is 1.65. The summed E-state index contributed by atoms with van der Waals surface area (Å²) in [5.74, 6) is 1.03. The van der Waals surface area contributed by atoms with Crippen LogP contribution in [0.4, 0.5) is 4.39 Å². The lowest BCUT2D eigenvalue weighted by Gasteiger charge is -2.16. The first kappa shape index (κ1) is 19.0. The fourth-order valence-corrected chi connectivity index (χ4v) is 3.46. The molecule has 0 saturated heterocycles. The van der Waals surface area contributed by atoms with Crippen molar-refractivity contribution in [3.05, 3.63) is 58.4 Å². The van der Waals surface area contributed by atoms with E-state index in [1.165, 1.54) is 43.4 Å². The van der Waals surface area contributed by atoms with E-state index in [1.807, 2.05) is 25.1 Å². The number of benzene rings is 2. The highest BCUT2D eigenvalue weighted by Gasteiger charge is 2.14. The quantitative estimate of drug-likeness (QED) is 0.659. The van der Waals surface area contributed by atoms with Gasteiger partial charge in [-0.1, -0.05) is 36.6 Å². The first-order valence-corrected chi connectivity index (χ1v) is 9.59. The lowest BCUT2D eigenvalue weighted by atomic mass is 10.1. The molecule has 0 spiro atoms. The Morgan fingerprint density at radius 3 is 2.62 bits per heavy atom. The summed E-state index contributed by atoms with van der Waals surface area (Å²) >= 11 is 6.07. The Labute approximate surface area is 159 Å². The first-order valence-electron chi connectivity index (χ1n) is 9.21. The molecule has 0 atom stereocenters. The van der Waals surface area contributed by atoms with E-state index < -0.39 is 0 Å². The Bertz CT molecular complexity index is 732. The number of hydrogen-bond donors (Lipinski definition) is 1. The third kappa shape index (κ3) is 5.12. The molecule has 0 aromatic heterocycles. The maximum Gasteiger partial charge on any atom is 0.161 e. The number of halogens is 2. The number of hydrogen-bond acceptors (Lipinski definition) is 3. The summed E-state index contributed by atoms with van der Waals surface area (Å²) in [6.45, 7) is 3.60. The zero-order chi connectivity index (χ0) is 18.4. The van der Waals surface area contributed by atoms with Crippen molar-refractivity contribution in [1.82, 2.24) is 5.32 Å². The van der Waals surface area contributed by atoms with Crippen molar-refractivity contribution in [2.45, 2.75) is 51.8 Å². The van der Waals surface area contributed by atoms with Crippen LogP contribution in [0.25, 0.3) is 0 Å². The van der Waals surface area contributed by atoms with E-state index in [-0.39, 0.29) is 12.4 Å². The molecule has 140 valence electrons. The van der Waals surface area contributed by atoms with Crippen LogP contribution in [-0.4, -0.2) is 12.6 Å². The van der Waals surface area contributed by atoms with Gasteiger partial charge in [0.1, 0.15) is 12.4 Å². The van der Waals surface area contributed by atoms with E-state index in [4.69, 9.17) is 21.1 Å². The fourth-order valence-electron chi connectivity index (χ4n) is 3.24. The molecule has 1 aliphatic rings. The SMILES string of the molecule is CCOc1cc(CNC2CCCC2)ccc1OCc1ccc(F)cc1Cl. The Kier molecular flexibility index (Phi) is 6.75. The molecule has 3 nitrogen and oxygen atoms in total. The van der Waals surface area contributed by atoms with E-state index in [1.54, 1.807) is 6.07 Å². The van der Waals surface area contributed by atoms with E-state index in [0.717, 1.165) is 17.9 Å². The lowest BCUT2D eigenvalue weighted by Crippen LogP contribution is -2.25. The van der Waals surface area contributed by atoms with Crippen LogP contribution in [0.5, 0.6) is 11.5 Å². The van der Waals surface area contributed by atoms with Gasteiger partial charge in [0.15, 0.2) is 11.5 Å². The maximum absolute atomic E-state index is 13.2. The summed E-state index contributed by atoms with van der Waals surface area (Å²) in [5.41, 5.74) is 1.91. The normalized spacial score (nSPS) is 14.6. The van der Waals surface area contributed by atoms with Crippen LogP contribution in [0, 0.1) is 5.82 Å². The number of nitrogens with one attached hydrogen (secondary N) is 1. The third-order valence-corrected chi connectivity index (χ3v) is 5.01. The first-order chi connectivity index (χ1) is 12.7. The highest BCUT2D eigenvalue weighted by atomic mass is 35.5. The molecule has 0 amide bonds.